The van der Waals surface area contributed by atoms with Crippen LogP contribution in [0, 0.1) is 11.8 Å². The largest absolute Gasteiger partial charge is 0.379 e. The zero-order chi connectivity index (χ0) is 13.0. The Morgan fingerprint density at radius 1 is 1.22 bits per heavy atom. The number of ether oxygens (including phenoxy) is 1. The normalized spacial score (nSPS) is 36.6. The summed E-state index contributed by atoms with van der Waals surface area (Å²) in [6, 6.07) is 0.558. The van der Waals surface area contributed by atoms with Gasteiger partial charge in [-0.05, 0) is 25.3 Å². The fraction of sp³-hybridized carbons (Fsp3) is 0.929. The number of carbonyl (C=O) groups excluding carboxylic acids is 1. The molecule has 1 amide bonds. The highest BCUT2D eigenvalue weighted by molar-refractivity contribution is 5.80. The Hall–Kier alpha value is -0.610. The van der Waals surface area contributed by atoms with Gasteiger partial charge in [0.25, 0.3) is 0 Å². The molecule has 1 saturated heterocycles. The standard InChI is InChI=1S/C14H26N2O2/c1-3-15-13-9-18-8-11(13)14(17)16-12-7-5-4-6-10(12)2/h10-13,15H,3-9H2,1-2H3,(H,16,17). The highest BCUT2D eigenvalue weighted by atomic mass is 16.5. The predicted molar refractivity (Wildman–Crippen MR) is 71.3 cm³/mol. The van der Waals surface area contributed by atoms with Crippen LogP contribution in [0.4, 0.5) is 0 Å². The van der Waals surface area contributed by atoms with Gasteiger partial charge in [-0.3, -0.25) is 4.79 Å². The summed E-state index contributed by atoms with van der Waals surface area (Å²) in [5, 5.41) is 6.58. The monoisotopic (exact) mass is 254 g/mol. The first kappa shape index (κ1) is 13.8. The Kier molecular flexibility index (Phi) is 5.01. The maximum absolute atomic E-state index is 12.3. The smallest absolute Gasteiger partial charge is 0.227 e. The topological polar surface area (TPSA) is 50.4 Å². The van der Waals surface area contributed by atoms with Crippen molar-refractivity contribution in [3.05, 3.63) is 0 Å². The van der Waals surface area contributed by atoms with E-state index in [9.17, 15) is 4.79 Å². The SMILES string of the molecule is CCNC1COCC1C(=O)NC1CCCCC1C. The van der Waals surface area contributed by atoms with Gasteiger partial charge in [0.05, 0.1) is 19.1 Å². The molecule has 0 aromatic carbocycles. The Labute approximate surface area is 110 Å². The van der Waals surface area contributed by atoms with E-state index in [2.05, 4.69) is 24.5 Å². The molecule has 1 heterocycles. The second-order valence-corrected chi connectivity index (χ2v) is 5.68. The van der Waals surface area contributed by atoms with Crippen molar-refractivity contribution in [2.24, 2.45) is 11.8 Å². The van der Waals surface area contributed by atoms with Gasteiger partial charge in [0.2, 0.25) is 5.91 Å². The zero-order valence-corrected chi connectivity index (χ0v) is 11.6. The van der Waals surface area contributed by atoms with E-state index in [1.54, 1.807) is 0 Å². The summed E-state index contributed by atoms with van der Waals surface area (Å²) < 4.78 is 5.44. The Morgan fingerprint density at radius 3 is 2.72 bits per heavy atom. The number of carbonyl (C=O) groups is 1. The van der Waals surface area contributed by atoms with E-state index >= 15 is 0 Å². The summed E-state index contributed by atoms with van der Waals surface area (Å²) in [5.41, 5.74) is 0. The Morgan fingerprint density at radius 2 is 2.00 bits per heavy atom. The van der Waals surface area contributed by atoms with Gasteiger partial charge in [-0.1, -0.05) is 26.7 Å². The molecule has 0 spiro atoms. The molecule has 0 radical (unpaired) electrons. The van der Waals surface area contributed by atoms with Crippen LogP contribution in [0.15, 0.2) is 0 Å². The van der Waals surface area contributed by atoms with Gasteiger partial charge >= 0.3 is 0 Å². The lowest BCUT2D eigenvalue weighted by Crippen LogP contribution is -2.49. The number of rotatable bonds is 4. The molecule has 1 aliphatic carbocycles. The van der Waals surface area contributed by atoms with Crippen molar-refractivity contribution in [1.29, 1.82) is 0 Å². The Bertz CT molecular complexity index is 283. The van der Waals surface area contributed by atoms with Crippen LogP contribution >= 0.6 is 0 Å². The number of amides is 1. The molecule has 18 heavy (non-hydrogen) atoms. The van der Waals surface area contributed by atoms with Crippen molar-refractivity contribution in [3.8, 4) is 0 Å². The highest BCUT2D eigenvalue weighted by Gasteiger charge is 2.35. The molecule has 2 N–H and O–H groups in total. The van der Waals surface area contributed by atoms with Crippen molar-refractivity contribution < 1.29 is 9.53 Å². The van der Waals surface area contributed by atoms with Gasteiger partial charge in [-0.15, -0.1) is 0 Å². The summed E-state index contributed by atoms with van der Waals surface area (Å²) in [6.45, 7) is 6.42. The van der Waals surface area contributed by atoms with E-state index < -0.39 is 0 Å². The first-order chi connectivity index (χ1) is 8.72. The summed E-state index contributed by atoms with van der Waals surface area (Å²) in [7, 11) is 0. The van der Waals surface area contributed by atoms with Crippen molar-refractivity contribution in [1.82, 2.24) is 10.6 Å². The zero-order valence-electron chi connectivity index (χ0n) is 11.6. The van der Waals surface area contributed by atoms with Gasteiger partial charge in [0, 0.05) is 12.1 Å². The number of hydrogen-bond acceptors (Lipinski definition) is 3. The summed E-state index contributed by atoms with van der Waals surface area (Å²) >= 11 is 0. The molecule has 4 nitrogen and oxygen atoms in total. The molecule has 2 rings (SSSR count). The van der Waals surface area contributed by atoms with E-state index in [1.165, 1.54) is 19.3 Å². The van der Waals surface area contributed by atoms with Crippen LogP contribution in [0.25, 0.3) is 0 Å². The van der Waals surface area contributed by atoms with Crippen LogP contribution in [0.1, 0.15) is 39.5 Å². The average Bonchev–Trinajstić information content (AvgIpc) is 2.81. The van der Waals surface area contributed by atoms with E-state index in [4.69, 9.17) is 4.74 Å². The van der Waals surface area contributed by atoms with E-state index in [0.717, 1.165) is 13.0 Å². The molecule has 0 aromatic heterocycles. The van der Waals surface area contributed by atoms with E-state index in [-0.39, 0.29) is 17.9 Å². The van der Waals surface area contributed by atoms with Crippen LogP contribution in [0.3, 0.4) is 0 Å². The molecular weight excluding hydrogens is 228 g/mol. The minimum Gasteiger partial charge on any atom is -0.379 e. The van der Waals surface area contributed by atoms with E-state index in [0.29, 0.717) is 25.2 Å². The molecule has 0 bridgehead atoms. The fourth-order valence-electron chi connectivity index (χ4n) is 3.10. The van der Waals surface area contributed by atoms with Crippen molar-refractivity contribution in [3.63, 3.8) is 0 Å². The van der Waals surface area contributed by atoms with Gasteiger partial charge in [0.15, 0.2) is 0 Å². The first-order valence-corrected chi connectivity index (χ1v) is 7.34. The van der Waals surface area contributed by atoms with Crippen molar-refractivity contribution in [2.45, 2.75) is 51.6 Å². The van der Waals surface area contributed by atoms with Gasteiger partial charge in [-0.2, -0.15) is 0 Å². The molecule has 0 aromatic rings. The summed E-state index contributed by atoms with van der Waals surface area (Å²) in [5.74, 6) is 0.777. The molecule has 104 valence electrons. The van der Waals surface area contributed by atoms with Crippen molar-refractivity contribution >= 4 is 5.91 Å². The average molecular weight is 254 g/mol. The van der Waals surface area contributed by atoms with Crippen molar-refractivity contribution in [2.75, 3.05) is 19.8 Å². The molecule has 2 aliphatic rings. The second kappa shape index (κ2) is 6.53. The maximum Gasteiger partial charge on any atom is 0.227 e. The third-order valence-corrected chi connectivity index (χ3v) is 4.32. The first-order valence-electron chi connectivity index (χ1n) is 7.34. The molecule has 2 fully saturated rings. The van der Waals surface area contributed by atoms with Gasteiger partial charge in [0.1, 0.15) is 0 Å². The summed E-state index contributed by atoms with van der Waals surface area (Å²) in [6.07, 6.45) is 4.92. The van der Waals surface area contributed by atoms with Crippen LogP contribution in [0.2, 0.25) is 0 Å². The molecular formula is C14H26N2O2. The van der Waals surface area contributed by atoms with Gasteiger partial charge < -0.3 is 15.4 Å². The maximum atomic E-state index is 12.3. The minimum absolute atomic E-state index is 0.0147. The second-order valence-electron chi connectivity index (χ2n) is 5.68. The molecule has 4 atom stereocenters. The highest BCUT2D eigenvalue weighted by Crippen LogP contribution is 2.24. The Balaban J connectivity index is 1.86. The summed E-state index contributed by atoms with van der Waals surface area (Å²) in [4.78, 5) is 12.3. The van der Waals surface area contributed by atoms with Crippen LogP contribution in [0.5, 0.6) is 0 Å². The van der Waals surface area contributed by atoms with Crippen LogP contribution in [-0.2, 0) is 9.53 Å². The third kappa shape index (κ3) is 3.23. The molecule has 4 unspecified atom stereocenters. The number of likely N-dealkylation sites (N-methyl/N-ethyl adjacent to an activating group) is 1. The molecule has 4 heteroatoms. The lowest BCUT2D eigenvalue weighted by Gasteiger charge is -2.31. The number of nitrogens with one attached hydrogen (secondary N) is 2. The minimum atomic E-state index is -0.0147. The lowest BCUT2D eigenvalue weighted by atomic mass is 9.85. The fourth-order valence-corrected chi connectivity index (χ4v) is 3.10. The third-order valence-electron chi connectivity index (χ3n) is 4.32. The van der Waals surface area contributed by atoms with E-state index in [1.807, 2.05) is 0 Å². The van der Waals surface area contributed by atoms with Gasteiger partial charge in [-0.25, -0.2) is 0 Å². The van der Waals surface area contributed by atoms with Crippen LogP contribution < -0.4 is 10.6 Å². The predicted octanol–water partition coefficient (Wildman–Crippen LogP) is 1.31. The number of hydrogen-bond donors (Lipinski definition) is 2. The molecule has 1 saturated carbocycles. The quantitative estimate of drug-likeness (QED) is 0.795. The van der Waals surface area contributed by atoms with Crippen LogP contribution in [-0.4, -0.2) is 37.7 Å². The lowest BCUT2D eigenvalue weighted by molar-refractivity contribution is -0.126. The molecule has 1 aliphatic heterocycles.